The normalized spacial score (nSPS) is 25.9. The fourth-order valence-corrected chi connectivity index (χ4v) is 1.36. The molecule has 0 unspecified atom stereocenters. The smallest absolute Gasteiger partial charge is 0.0329 e. The fourth-order valence-electron chi connectivity index (χ4n) is 1.36. The minimum Gasteiger partial charge on any atom is -0.376 e. The molecular weight excluding hydrogens is 124 g/mol. The van der Waals surface area contributed by atoms with Crippen LogP contribution in [0.1, 0.15) is 6.42 Å². The van der Waals surface area contributed by atoms with Gasteiger partial charge in [0.25, 0.3) is 0 Å². The van der Waals surface area contributed by atoms with E-state index in [4.69, 9.17) is 0 Å². The molecule has 10 heavy (non-hydrogen) atoms. The standard InChI is InChI=1S/C8H16N2/c1-4-10-6-5-8(7-10)9(2)3/h4,8H,1,5-7H2,2-3H3/t8-/m0/s1. The van der Waals surface area contributed by atoms with Crippen molar-refractivity contribution in [1.29, 1.82) is 0 Å². The van der Waals surface area contributed by atoms with E-state index in [1.54, 1.807) is 0 Å². The van der Waals surface area contributed by atoms with E-state index in [-0.39, 0.29) is 0 Å². The monoisotopic (exact) mass is 140 g/mol. The van der Waals surface area contributed by atoms with E-state index >= 15 is 0 Å². The lowest BCUT2D eigenvalue weighted by Crippen LogP contribution is -2.29. The molecule has 0 amide bonds. The Labute approximate surface area is 63.1 Å². The highest BCUT2D eigenvalue weighted by Gasteiger charge is 2.20. The second-order valence-electron chi connectivity index (χ2n) is 3.08. The van der Waals surface area contributed by atoms with Crippen molar-refractivity contribution in [2.24, 2.45) is 0 Å². The summed E-state index contributed by atoms with van der Waals surface area (Å²) in [5, 5.41) is 0. The maximum absolute atomic E-state index is 3.74. The van der Waals surface area contributed by atoms with Crippen LogP contribution in [0.25, 0.3) is 0 Å². The van der Waals surface area contributed by atoms with Gasteiger partial charge in [-0.05, 0) is 26.7 Å². The molecular formula is C8H16N2. The molecule has 1 saturated heterocycles. The first-order valence-corrected chi connectivity index (χ1v) is 3.77. The van der Waals surface area contributed by atoms with E-state index in [1.807, 2.05) is 6.20 Å². The number of likely N-dealkylation sites (tertiary alicyclic amines) is 1. The lowest BCUT2D eigenvalue weighted by molar-refractivity contribution is 0.296. The highest BCUT2D eigenvalue weighted by Crippen LogP contribution is 2.12. The molecule has 0 spiro atoms. The van der Waals surface area contributed by atoms with E-state index in [9.17, 15) is 0 Å². The summed E-state index contributed by atoms with van der Waals surface area (Å²) in [6.45, 7) is 6.07. The first kappa shape index (κ1) is 7.61. The highest BCUT2D eigenvalue weighted by molar-refractivity contribution is 4.85. The van der Waals surface area contributed by atoms with Crippen LogP contribution < -0.4 is 0 Å². The van der Waals surface area contributed by atoms with Crippen LogP contribution in [0.3, 0.4) is 0 Å². The van der Waals surface area contributed by atoms with Gasteiger partial charge in [-0.3, -0.25) is 0 Å². The zero-order valence-corrected chi connectivity index (χ0v) is 6.88. The summed E-state index contributed by atoms with van der Waals surface area (Å²) in [4.78, 5) is 4.55. The SMILES string of the molecule is C=CN1CC[C@H](N(C)C)C1. The Bertz CT molecular complexity index is 120. The maximum Gasteiger partial charge on any atom is 0.0329 e. The predicted octanol–water partition coefficient (Wildman–Crippen LogP) is 0.766. The molecule has 0 aromatic carbocycles. The van der Waals surface area contributed by atoms with Crippen molar-refractivity contribution in [3.63, 3.8) is 0 Å². The minimum atomic E-state index is 0.734. The van der Waals surface area contributed by atoms with Crippen molar-refractivity contribution < 1.29 is 0 Å². The number of hydrogen-bond acceptors (Lipinski definition) is 2. The molecule has 0 aliphatic carbocycles. The molecule has 0 aromatic heterocycles. The topological polar surface area (TPSA) is 6.48 Å². The Hall–Kier alpha value is -0.500. The zero-order chi connectivity index (χ0) is 7.56. The Morgan fingerprint density at radius 3 is 2.60 bits per heavy atom. The first-order valence-electron chi connectivity index (χ1n) is 3.77. The van der Waals surface area contributed by atoms with Crippen molar-refractivity contribution in [3.05, 3.63) is 12.8 Å². The molecule has 0 radical (unpaired) electrons. The average molecular weight is 140 g/mol. The Balaban J connectivity index is 2.35. The van der Waals surface area contributed by atoms with Crippen LogP contribution in [0.15, 0.2) is 12.8 Å². The van der Waals surface area contributed by atoms with E-state index in [1.165, 1.54) is 13.0 Å². The predicted molar refractivity (Wildman–Crippen MR) is 43.9 cm³/mol. The van der Waals surface area contributed by atoms with Crippen LogP contribution >= 0.6 is 0 Å². The van der Waals surface area contributed by atoms with Gasteiger partial charge in [-0.25, -0.2) is 0 Å². The fraction of sp³-hybridized carbons (Fsp3) is 0.750. The zero-order valence-electron chi connectivity index (χ0n) is 6.88. The molecule has 1 heterocycles. The maximum atomic E-state index is 3.74. The van der Waals surface area contributed by atoms with Gasteiger partial charge in [-0.15, -0.1) is 0 Å². The van der Waals surface area contributed by atoms with Gasteiger partial charge in [-0.1, -0.05) is 6.58 Å². The van der Waals surface area contributed by atoms with Gasteiger partial charge in [0.05, 0.1) is 0 Å². The number of rotatable bonds is 2. The summed E-state index contributed by atoms with van der Waals surface area (Å²) in [6.07, 6.45) is 3.21. The largest absolute Gasteiger partial charge is 0.376 e. The van der Waals surface area contributed by atoms with Crippen molar-refractivity contribution in [1.82, 2.24) is 9.80 Å². The number of likely N-dealkylation sites (N-methyl/N-ethyl adjacent to an activating group) is 1. The molecule has 1 aliphatic rings. The second-order valence-corrected chi connectivity index (χ2v) is 3.08. The van der Waals surface area contributed by atoms with Gasteiger partial charge in [0, 0.05) is 19.1 Å². The van der Waals surface area contributed by atoms with Crippen LogP contribution in [0.2, 0.25) is 0 Å². The summed E-state index contributed by atoms with van der Waals surface area (Å²) in [7, 11) is 4.27. The van der Waals surface area contributed by atoms with Gasteiger partial charge >= 0.3 is 0 Å². The summed E-state index contributed by atoms with van der Waals surface area (Å²) in [5.41, 5.74) is 0. The summed E-state index contributed by atoms with van der Waals surface area (Å²) in [5.74, 6) is 0. The van der Waals surface area contributed by atoms with Crippen molar-refractivity contribution in [3.8, 4) is 0 Å². The third-order valence-corrected chi connectivity index (χ3v) is 2.18. The van der Waals surface area contributed by atoms with E-state index in [2.05, 4.69) is 30.5 Å². The molecule has 1 atom stereocenters. The lowest BCUT2D eigenvalue weighted by atomic mass is 10.2. The van der Waals surface area contributed by atoms with Crippen LogP contribution in [0.5, 0.6) is 0 Å². The van der Waals surface area contributed by atoms with Crippen LogP contribution in [0, 0.1) is 0 Å². The molecule has 58 valence electrons. The van der Waals surface area contributed by atoms with E-state index < -0.39 is 0 Å². The Kier molecular flexibility index (Phi) is 2.33. The highest BCUT2D eigenvalue weighted by atomic mass is 15.2. The molecule has 2 nitrogen and oxygen atoms in total. The molecule has 2 heteroatoms. The average Bonchev–Trinajstić information content (AvgIpc) is 2.34. The van der Waals surface area contributed by atoms with Gasteiger partial charge < -0.3 is 9.80 Å². The molecule has 1 fully saturated rings. The number of nitrogens with zero attached hydrogens (tertiary/aromatic N) is 2. The minimum absolute atomic E-state index is 0.734. The van der Waals surface area contributed by atoms with E-state index in [0.29, 0.717) is 0 Å². The third-order valence-electron chi connectivity index (χ3n) is 2.18. The number of hydrogen-bond donors (Lipinski definition) is 0. The van der Waals surface area contributed by atoms with Crippen molar-refractivity contribution >= 4 is 0 Å². The van der Waals surface area contributed by atoms with Crippen LogP contribution in [-0.4, -0.2) is 43.0 Å². The third kappa shape index (κ3) is 1.51. The first-order chi connectivity index (χ1) is 4.74. The van der Waals surface area contributed by atoms with Gasteiger partial charge in [-0.2, -0.15) is 0 Å². The van der Waals surface area contributed by atoms with Gasteiger partial charge in [0.1, 0.15) is 0 Å². The van der Waals surface area contributed by atoms with Gasteiger partial charge in [0.2, 0.25) is 0 Å². The Morgan fingerprint density at radius 2 is 2.30 bits per heavy atom. The molecule has 1 rings (SSSR count). The summed E-state index contributed by atoms with van der Waals surface area (Å²) < 4.78 is 0. The molecule has 0 N–H and O–H groups in total. The molecule has 0 bridgehead atoms. The van der Waals surface area contributed by atoms with Crippen molar-refractivity contribution in [2.45, 2.75) is 12.5 Å². The second kappa shape index (κ2) is 3.06. The van der Waals surface area contributed by atoms with Crippen molar-refractivity contribution in [2.75, 3.05) is 27.2 Å². The van der Waals surface area contributed by atoms with Gasteiger partial charge in [0.15, 0.2) is 0 Å². The molecule has 0 saturated carbocycles. The summed E-state index contributed by atoms with van der Waals surface area (Å²) >= 11 is 0. The van der Waals surface area contributed by atoms with Crippen LogP contribution in [-0.2, 0) is 0 Å². The molecule has 0 aromatic rings. The quantitative estimate of drug-likeness (QED) is 0.559. The van der Waals surface area contributed by atoms with Crippen LogP contribution in [0.4, 0.5) is 0 Å². The summed E-state index contributed by atoms with van der Waals surface area (Å²) in [6, 6.07) is 0.734. The van der Waals surface area contributed by atoms with E-state index in [0.717, 1.165) is 12.6 Å². The Morgan fingerprint density at radius 1 is 1.60 bits per heavy atom. The lowest BCUT2D eigenvalue weighted by Gasteiger charge is -2.18. The molecule has 1 aliphatic heterocycles.